The smallest absolute Gasteiger partial charge is 0.248 e. The third-order valence-electron chi connectivity index (χ3n) is 5.37. The third-order valence-corrected chi connectivity index (χ3v) is 5.37. The number of aryl methyl sites for hydroxylation is 1. The number of amides is 1. The van der Waals surface area contributed by atoms with E-state index < -0.39 is 17.9 Å². The van der Waals surface area contributed by atoms with Crippen LogP contribution in [0.15, 0.2) is 54.2 Å². The predicted octanol–water partition coefficient (Wildman–Crippen LogP) is 5.12. The molecule has 0 bridgehead atoms. The van der Waals surface area contributed by atoms with Gasteiger partial charge in [0.15, 0.2) is 11.8 Å². The Morgan fingerprint density at radius 2 is 2.09 bits per heavy atom. The number of carbonyl (C=O) groups is 1. The number of ether oxygens (including phenoxy) is 1. The summed E-state index contributed by atoms with van der Waals surface area (Å²) in [4.78, 5) is 16.2. The molecule has 0 fully saturated rings. The second kappa shape index (κ2) is 8.89. The summed E-state index contributed by atoms with van der Waals surface area (Å²) in [5.74, 6) is -0.996. The van der Waals surface area contributed by atoms with Gasteiger partial charge in [0.25, 0.3) is 0 Å². The molecule has 178 valence electrons. The quantitative estimate of drug-likeness (QED) is 0.525. The van der Waals surface area contributed by atoms with E-state index in [1.54, 1.807) is 35.8 Å². The summed E-state index contributed by atoms with van der Waals surface area (Å²) in [6.45, 7) is 8.76. The van der Waals surface area contributed by atoms with Crippen LogP contribution in [-0.4, -0.2) is 33.2 Å². The van der Waals surface area contributed by atoms with Crippen LogP contribution < -0.4 is 15.8 Å². The Balaban J connectivity index is 1.79. The molecule has 0 aliphatic heterocycles. The molecule has 2 heterocycles. The average molecular weight is 468 g/mol. The Bertz CT molecular complexity index is 1320. The van der Waals surface area contributed by atoms with E-state index in [0.29, 0.717) is 29.1 Å². The number of halogens is 2. The molecule has 0 radical (unpaired) electrons. The van der Waals surface area contributed by atoms with Crippen molar-refractivity contribution < 1.29 is 18.3 Å². The summed E-state index contributed by atoms with van der Waals surface area (Å²) < 4.78 is 34.7. The van der Waals surface area contributed by atoms with E-state index in [9.17, 15) is 13.6 Å². The number of nitrogens with zero attached hydrogens (tertiary/aromatic N) is 3. The highest BCUT2D eigenvalue weighted by Gasteiger charge is 2.20. The number of imidazole rings is 1. The summed E-state index contributed by atoms with van der Waals surface area (Å²) in [6.07, 6.45) is 2.45. The van der Waals surface area contributed by atoms with E-state index in [2.05, 4.69) is 36.2 Å². The number of rotatable bonds is 6. The summed E-state index contributed by atoms with van der Waals surface area (Å²) in [6, 6.07) is 6.97. The first-order valence-corrected chi connectivity index (χ1v) is 10.9. The van der Waals surface area contributed by atoms with Gasteiger partial charge in [-0.1, -0.05) is 26.8 Å². The largest absolute Gasteiger partial charge is 0.438 e. The number of anilines is 1. The molecule has 1 amide bonds. The number of carbonyl (C=O) groups excluding carboxylic acids is 1. The van der Waals surface area contributed by atoms with Gasteiger partial charge in [-0.25, -0.2) is 18.3 Å². The molecule has 1 aromatic carbocycles. The van der Waals surface area contributed by atoms with E-state index in [4.69, 9.17) is 10.5 Å². The summed E-state index contributed by atoms with van der Waals surface area (Å²) in [5, 5.41) is 7.94. The second-order valence-corrected chi connectivity index (χ2v) is 9.52. The average Bonchev–Trinajstić information content (AvgIpc) is 3.18. The standard InChI is InChI=1S/C25H27F2N5O2/c1-14-9-15(5-7-17(14)23(28)33)21-12-29-24-20(30-13-25(2,3)4)11-22(31-32(21)24)34-16-6-8-18(26)19(27)10-16/h5-7,9-12,18,30H,8,13H2,1-4H3,(H2,28,33). The van der Waals surface area contributed by atoms with Crippen molar-refractivity contribution in [2.24, 2.45) is 11.1 Å². The van der Waals surface area contributed by atoms with Gasteiger partial charge in [-0.05, 0) is 36.1 Å². The van der Waals surface area contributed by atoms with Crippen molar-refractivity contribution in [2.75, 3.05) is 11.9 Å². The SMILES string of the molecule is Cc1cc(-c2cnc3c(NCC(C)(C)C)cc(OC4=CCC(F)C(F)=C4)nn23)ccc1C(N)=O. The summed E-state index contributed by atoms with van der Waals surface area (Å²) in [7, 11) is 0. The molecule has 1 aliphatic carbocycles. The fraction of sp³-hybridized carbons (Fsp3) is 0.320. The van der Waals surface area contributed by atoms with Crippen LogP contribution in [0.1, 0.15) is 43.1 Å². The lowest BCUT2D eigenvalue weighted by molar-refractivity contribution is 0.0999. The number of primary amides is 1. The maximum Gasteiger partial charge on any atom is 0.248 e. The molecule has 4 rings (SSSR count). The van der Waals surface area contributed by atoms with Crippen molar-refractivity contribution in [2.45, 2.75) is 40.3 Å². The molecule has 1 aliphatic rings. The molecular weight excluding hydrogens is 440 g/mol. The Kier molecular flexibility index (Phi) is 6.12. The normalized spacial score (nSPS) is 16.2. The van der Waals surface area contributed by atoms with Gasteiger partial charge >= 0.3 is 0 Å². The Morgan fingerprint density at radius 3 is 2.74 bits per heavy atom. The first kappa shape index (κ1) is 23.4. The lowest BCUT2D eigenvalue weighted by atomic mass is 9.97. The highest BCUT2D eigenvalue weighted by molar-refractivity contribution is 5.94. The minimum atomic E-state index is -1.65. The number of hydrogen-bond donors (Lipinski definition) is 2. The number of nitrogens with two attached hydrogens (primary N) is 1. The molecule has 0 saturated heterocycles. The van der Waals surface area contributed by atoms with Gasteiger partial charge in [0, 0.05) is 36.2 Å². The molecular formula is C25H27F2N5O2. The second-order valence-electron chi connectivity index (χ2n) is 9.52. The molecule has 0 spiro atoms. The Labute approximate surface area is 196 Å². The van der Waals surface area contributed by atoms with Gasteiger partial charge < -0.3 is 15.8 Å². The topological polar surface area (TPSA) is 94.5 Å². The van der Waals surface area contributed by atoms with Gasteiger partial charge in [-0.2, -0.15) is 0 Å². The fourth-order valence-corrected chi connectivity index (χ4v) is 3.59. The zero-order valence-corrected chi connectivity index (χ0v) is 19.5. The van der Waals surface area contributed by atoms with Crippen molar-refractivity contribution in [3.05, 3.63) is 65.3 Å². The van der Waals surface area contributed by atoms with Crippen LogP contribution in [0.3, 0.4) is 0 Å². The van der Waals surface area contributed by atoms with Crippen LogP contribution in [0, 0.1) is 12.3 Å². The Hall–Kier alpha value is -3.75. The molecule has 34 heavy (non-hydrogen) atoms. The van der Waals surface area contributed by atoms with E-state index in [0.717, 1.165) is 17.2 Å². The number of benzene rings is 1. The number of nitrogens with one attached hydrogen (secondary N) is 1. The lowest BCUT2D eigenvalue weighted by Gasteiger charge is -2.20. The van der Waals surface area contributed by atoms with Gasteiger partial charge in [-0.15, -0.1) is 5.10 Å². The lowest BCUT2D eigenvalue weighted by Crippen LogP contribution is -2.19. The fourth-order valence-electron chi connectivity index (χ4n) is 3.59. The van der Waals surface area contributed by atoms with Crippen LogP contribution in [0.2, 0.25) is 0 Å². The minimum Gasteiger partial charge on any atom is -0.438 e. The monoisotopic (exact) mass is 467 g/mol. The molecule has 1 atom stereocenters. The molecule has 0 saturated carbocycles. The highest BCUT2D eigenvalue weighted by Crippen LogP contribution is 2.30. The van der Waals surface area contributed by atoms with Crippen molar-refractivity contribution in [1.29, 1.82) is 0 Å². The molecule has 3 aromatic rings. The molecule has 3 N–H and O–H groups in total. The minimum absolute atomic E-state index is 0.00763. The van der Waals surface area contributed by atoms with E-state index in [1.807, 2.05) is 6.07 Å². The van der Waals surface area contributed by atoms with Crippen LogP contribution >= 0.6 is 0 Å². The number of allylic oxidation sites excluding steroid dienone is 3. The predicted molar refractivity (Wildman–Crippen MR) is 127 cm³/mol. The number of aromatic nitrogens is 3. The van der Waals surface area contributed by atoms with Crippen LogP contribution in [0.5, 0.6) is 5.88 Å². The van der Waals surface area contributed by atoms with Crippen LogP contribution in [-0.2, 0) is 0 Å². The zero-order valence-electron chi connectivity index (χ0n) is 19.5. The van der Waals surface area contributed by atoms with Crippen molar-refractivity contribution >= 4 is 17.2 Å². The Morgan fingerprint density at radius 1 is 1.32 bits per heavy atom. The van der Waals surface area contributed by atoms with Gasteiger partial charge in [0.1, 0.15) is 11.6 Å². The maximum absolute atomic E-state index is 13.8. The molecule has 1 unspecified atom stereocenters. The zero-order chi connectivity index (χ0) is 24.6. The first-order valence-electron chi connectivity index (χ1n) is 10.9. The summed E-state index contributed by atoms with van der Waals surface area (Å²) in [5.41, 5.74) is 9.30. The van der Waals surface area contributed by atoms with Crippen molar-refractivity contribution in [3.63, 3.8) is 0 Å². The highest BCUT2D eigenvalue weighted by atomic mass is 19.2. The number of fused-ring (bicyclic) bond motifs is 1. The molecule has 7 nitrogen and oxygen atoms in total. The van der Waals surface area contributed by atoms with Crippen molar-refractivity contribution in [3.8, 4) is 17.1 Å². The number of hydrogen-bond acceptors (Lipinski definition) is 5. The van der Waals surface area contributed by atoms with E-state index in [-0.39, 0.29) is 23.5 Å². The van der Waals surface area contributed by atoms with E-state index in [1.165, 1.54) is 6.08 Å². The summed E-state index contributed by atoms with van der Waals surface area (Å²) >= 11 is 0. The molecule has 9 heteroatoms. The maximum atomic E-state index is 13.8. The van der Waals surface area contributed by atoms with E-state index >= 15 is 0 Å². The van der Waals surface area contributed by atoms with Gasteiger partial charge in [-0.3, -0.25) is 4.79 Å². The van der Waals surface area contributed by atoms with Crippen LogP contribution in [0.4, 0.5) is 14.5 Å². The van der Waals surface area contributed by atoms with Crippen LogP contribution in [0.25, 0.3) is 16.9 Å². The molecule has 2 aromatic heterocycles. The first-order chi connectivity index (χ1) is 16.0. The van der Waals surface area contributed by atoms with Gasteiger partial charge in [0.05, 0.1) is 17.6 Å². The third kappa shape index (κ3) is 4.93. The van der Waals surface area contributed by atoms with Crippen molar-refractivity contribution in [1.82, 2.24) is 14.6 Å². The van der Waals surface area contributed by atoms with Gasteiger partial charge in [0.2, 0.25) is 11.8 Å². The number of alkyl halides is 1.